The number of rotatable bonds is 1. The molecule has 1 aliphatic rings. The lowest BCUT2D eigenvalue weighted by molar-refractivity contribution is 0.314. The summed E-state index contributed by atoms with van der Waals surface area (Å²) in [4.78, 5) is 0. The highest BCUT2D eigenvalue weighted by Gasteiger charge is 2.36. The van der Waals surface area contributed by atoms with E-state index in [0.29, 0.717) is 11.8 Å². The lowest BCUT2D eigenvalue weighted by atomic mass is 9.73. The lowest BCUT2D eigenvalue weighted by Gasteiger charge is -2.43. The molecular weight excluding hydrogens is 198 g/mol. The van der Waals surface area contributed by atoms with Crippen molar-refractivity contribution in [3.05, 3.63) is 23.8 Å². The predicted octanol–water partition coefficient (Wildman–Crippen LogP) is 3.64. The Labute approximate surface area is 98.0 Å². The molecule has 1 aromatic rings. The zero-order chi connectivity index (χ0) is 11.9. The summed E-state index contributed by atoms with van der Waals surface area (Å²) in [5.41, 5.74) is 2.77. The van der Waals surface area contributed by atoms with Crippen molar-refractivity contribution < 1.29 is 4.74 Å². The molecule has 2 heteroatoms. The van der Waals surface area contributed by atoms with Gasteiger partial charge in [-0.1, -0.05) is 13.8 Å². The van der Waals surface area contributed by atoms with Gasteiger partial charge in [0.1, 0.15) is 5.75 Å². The third kappa shape index (κ3) is 1.66. The Balaban J connectivity index is 2.47. The van der Waals surface area contributed by atoms with E-state index in [0.717, 1.165) is 5.75 Å². The molecule has 1 N–H and O–H groups in total. The van der Waals surface area contributed by atoms with Crippen LogP contribution < -0.4 is 10.1 Å². The summed E-state index contributed by atoms with van der Waals surface area (Å²) in [6, 6.07) is 6.29. The third-order valence-corrected chi connectivity index (χ3v) is 4.09. The fourth-order valence-electron chi connectivity index (χ4n) is 2.51. The molecule has 16 heavy (non-hydrogen) atoms. The smallest absolute Gasteiger partial charge is 0.119 e. The molecule has 0 saturated heterocycles. The average molecular weight is 219 g/mol. The van der Waals surface area contributed by atoms with E-state index in [1.54, 1.807) is 7.11 Å². The van der Waals surface area contributed by atoms with E-state index in [-0.39, 0.29) is 5.54 Å². The fourth-order valence-corrected chi connectivity index (χ4v) is 2.51. The van der Waals surface area contributed by atoms with E-state index in [1.165, 1.54) is 11.3 Å². The van der Waals surface area contributed by atoms with Gasteiger partial charge in [-0.05, 0) is 49.4 Å². The Kier molecular flexibility index (Phi) is 2.61. The van der Waals surface area contributed by atoms with E-state index in [1.807, 2.05) is 6.07 Å². The number of hydrogen-bond acceptors (Lipinski definition) is 2. The Morgan fingerprint density at radius 2 is 1.94 bits per heavy atom. The molecule has 2 nitrogen and oxygen atoms in total. The highest BCUT2D eigenvalue weighted by atomic mass is 16.5. The number of fused-ring (bicyclic) bond motifs is 1. The first-order valence-electron chi connectivity index (χ1n) is 5.92. The maximum absolute atomic E-state index is 5.29. The van der Waals surface area contributed by atoms with E-state index < -0.39 is 0 Å². The van der Waals surface area contributed by atoms with Crippen LogP contribution >= 0.6 is 0 Å². The normalized spacial score (nSPS) is 26.8. The van der Waals surface area contributed by atoms with Crippen LogP contribution in [0.2, 0.25) is 0 Å². The van der Waals surface area contributed by atoms with Crippen LogP contribution in [-0.4, -0.2) is 12.6 Å². The van der Waals surface area contributed by atoms with E-state index in [2.05, 4.69) is 45.1 Å². The number of anilines is 1. The lowest BCUT2D eigenvalue weighted by Crippen LogP contribution is -2.44. The Morgan fingerprint density at radius 3 is 2.56 bits per heavy atom. The van der Waals surface area contributed by atoms with E-state index >= 15 is 0 Å². The largest absolute Gasteiger partial charge is 0.497 e. The van der Waals surface area contributed by atoms with Gasteiger partial charge < -0.3 is 10.1 Å². The maximum atomic E-state index is 5.29. The first-order chi connectivity index (χ1) is 7.45. The minimum absolute atomic E-state index is 0.154. The third-order valence-electron chi connectivity index (χ3n) is 4.09. The molecular formula is C14H21NO. The SMILES string of the molecule is COc1ccc2c(c1)C(C)C(C)C(C)(C)N2. The van der Waals surface area contributed by atoms with Gasteiger partial charge >= 0.3 is 0 Å². The van der Waals surface area contributed by atoms with Crippen LogP contribution in [0.5, 0.6) is 5.75 Å². The first-order valence-corrected chi connectivity index (χ1v) is 5.92. The molecule has 0 fully saturated rings. The fraction of sp³-hybridized carbons (Fsp3) is 0.571. The molecule has 1 aromatic carbocycles. The monoisotopic (exact) mass is 219 g/mol. The topological polar surface area (TPSA) is 21.3 Å². The van der Waals surface area contributed by atoms with Gasteiger partial charge in [0.15, 0.2) is 0 Å². The van der Waals surface area contributed by atoms with Crippen molar-refractivity contribution in [2.24, 2.45) is 5.92 Å². The first kappa shape index (κ1) is 11.3. The van der Waals surface area contributed by atoms with E-state index in [4.69, 9.17) is 4.74 Å². The number of hydrogen-bond donors (Lipinski definition) is 1. The second-order valence-corrected chi connectivity index (χ2v) is 5.38. The molecule has 0 aliphatic carbocycles. The minimum Gasteiger partial charge on any atom is -0.497 e. The van der Waals surface area contributed by atoms with Crippen LogP contribution in [0.25, 0.3) is 0 Å². The van der Waals surface area contributed by atoms with Crippen molar-refractivity contribution in [3.8, 4) is 5.75 Å². The molecule has 2 rings (SSSR count). The van der Waals surface area contributed by atoms with Crippen molar-refractivity contribution in [1.82, 2.24) is 0 Å². The van der Waals surface area contributed by atoms with Crippen LogP contribution in [-0.2, 0) is 0 Å². The summed E-state index contributed by atoms with van der Waals surface area (Å²) in [5.74, 6) is 2.10. The Hall–Kier alpha value is -1.18. The van der Waals surface area contributed by atoms with Gasteiger partial charge in [0.05, 0.1) is 7.11 Å². The van der Waals surface area contributed by atoms with Gasteiger partial charge in [0.25, 0.3) is 0 Å². The molecule has 0 spiro atoms. The van der Waals surface area contributed by atoms with Crippen molar-refractivity contribution >= 4 is 5.69 Å². The molecule has 1 heterocycles. The standard InChI is InChI=1S/C14H21NO/c1-9-10(2)14(3,4)15-13-7-6-11(16-5)8-12(9)13/h6-10,15H,1-5H3. The van der Waals surface area contributed by atoms with Gasteiger partial charge in [-0.3, -0.25) is 0 Å². The van der Waals surface area contributed by atoms with Crippen molar-refractivity contribution in [1.29, 1.82) is 0 Å². The molecule has 0 amide bonds. The van der Waals surface area contributed by atoms with Gasteiger partial charge in [0.2, 0.25) is 0 Å². The number of nitrogens with one attached hydrogen (secondary N) is 1. The van der Waals surface area contributed by atoms with Crippen LogP contribution in [0.3, 0.4) is 0 Å². The molecule has 0 bridgehead atoms. The predicted molar refractivity (Wildman–Crippen MR) is 68.3 cm³/mol. The summed E-state index contributed by atoms with van der Waals surface area (Å²) >= 11 is 0. The zero-order valence-electron chi connectivity index (χ0n) is 10.8. The van der Waals surface area contributed by atoms with Crippen molar-refractivity contribution in [2.45, 2.75) is 39.2 Å². The average Bonchev–Trinajstić information content (AvgIpc) is 2.25. The molecule has 0 saturated carbocycles. The molecule has 2 unspecified atom stereocenters. The van der Waals surface area contributed by atoms with Crippen LogP contribution in [0.1, 0.15) is 39.2 Å². The second kappa shape index (κ2) is 3.69. The van der Waals surface area contributed by atoms with Gasteiger partial charge in [-0.15, -0.1) is 0 Å². The summed E-state index contributed by atoms with van der Waals surface area (Å²) in [6.07, 6.45) is 0. The molecule has 1 aliphatic heterocycles. The highest BCUT2D eigenvalue weighted by molar-refractivity contribution is 5.59. The molecule has 0 radical (unpaired) electrons. The van der Waals surface area contributed by atoms with E-state index in [9.17, 15) is 0 Å². The Bertz CT molecular complexity index is 398. The highest BCUT2D eigenvalue weighted by Crippen LogP contribution is 2.43. The zero-order valence-corrected chi connectivity index (χ0v) is 10.8. The summed E-state index contributed by atoms with van der Waals surface area (Å²) in [7, 11) is 1.72. The van der Waals surface area contributed by atoms with Crippen LogP contribution in [0, 0.1) is 5.92 Å². The Morgan fingerprint density at radius 1 is 1.25 bits per heavy atom. The number of ether oxygens (including phenoxy) is 1. The number of methoxy groups -OCH3 is 1. The van der Waals surface area contributed by atoms with Gasteiger partial charge in [-0.25, -0.2) is 0 Å². The molecule has 2 atom stereocenters. The van der Waals surface area contributed by atoms with Crippen molar-refractivity contribution in [2.75, 3.05) is 12.4 Å². The molecule has 0 aromatic heterocycles. The van der Waals surface area contributed by atoms with Gasteiger partial charge in [0, 0.05) is 11.2 Å². The minimum atomic E-state index is 0.154. The summed E-state index contributed by atoms with van der Waals surface area (Å²) < 4.78 is 5.29. The second-order valence-electron chi connectivity index (χ2n) is 5.38. The molecule has 88 valence electrons. The summed E-state index contributed by atoms with van der Waals surface area (Å²) in [6.45, 7) is 9.13. The summed E-state index contributed by atoms with van der Waals surface area (Å²) in [5, 5.41) is 3.61. The number of benzene rings is 1. The quantitative estimate of drug-likeness (QED) is 0.778. The van der Waals surface area contributed by atoms with Crippen molar-refractivity contribution in [3.63, 3.8) is 0 Å². The van der Waals surface area contributed by atoms with Crippen LogP contribution in [0.4, 0.5) is 5.69 Å². The van der Waals surface area contributed by atoms with Crippen LogP contribution in [0.15, 0.2) is 18.2 Å². The maximum Gasteiger partial charge on any atom is 0.119 e. The van der Waals surface area contributed by atoms with Gasteiger partial charge in [-0.2, -0.15) is 0 Å².